The van der Waals surface area contributed by atoms with Crippen LogP contribution in [0.4, 0.5) is 5.69 Å². The van der Waals surface area contributed by atoms with Gasteiger partial charge in [0.1, 0.15) is 4.32 Å². The van der Waals surface area contributed by atoms with E-state index in [4.69, 9.17) is 12.2 Å². The normalized spacial score (nSPS) is 15.8. The fraction of sp³-hybridized carbons (Fsp3) is 0.0588. The van der Waals surface area contributed by atoms with Crippen molar-refractivity contribution in [2.45, 2.75) is 0 Å². The van der Waals surface area contributed by atoms with E-state index in [9.17, 15) is 14.9 Å². The lowest BCUT2D eigenvalue weighted by molar-refractivity contribution is -0.384. The van der Waals surface area contributed by atoms with Gasteiger partial charge >= 0.3 is 0 Å². The van der Waals surface area contributed by atoms with Crippen molar-refractivity contribution in [3.05, 3.63) is 68.9 Å². The quantitative estimate of drug-likeness (QED) is 0.244. The van der Waals surface area contributed by atoms with Gasteiger partial charge in [-0.1, -0.05) is 42.2 Å². The average molecular weight is 388 g/mol. The molecule has 0 saturated carbocycles. The molecular formula is C17H12N2O3S3. The predicted octanol–water partition coefficient (Wildman–Crippen LogP) is 4.71. The van der Waals surface area contributed by atoms with Gasteiger partial charge in [0.25, 0.3) is 11.6 Å². The number of thioether (sulfide) groups is 1. The number of thiophene rings is 1. The van der Waals surface area contributed by atoms with Gasteiger partial charge in [0, 0.05) is 28.4 Å². The zero-order chi connectivity index (χ0) is 18.0. The maximum absolute atomic E-state index is 12.3. The lowest BCUT2D eigenvalue weighted by Gasteiger charge is -2.10. The van der Waals surface area contributed by atoms with Crippen molar-refractivity contribution in [1.82, 2.24) is 4.90 Å². The number of nitro groups is 1. The number of nitro benzene ring substituents is 1. The number of hydrogen-bond donors (Lipinski definition) is 0. The van der Waals surface area contributed by atoms with Crippen LogP contribution in [0, 0.1) is 10.1 Å². The first-order chi connectivity index (χ1) is 12.0. The minimum absolute atomic E-state index is 0.0535. The maximum atomic E-state index is 12.3. The number of carbonyl (C=O) groups is 1. The monoisotopic (exact) mass is 388 g/mol. The zero-order valence-corrected chi connectivity index (χ0v) is 15.3. The molecule has 1 aromatic carbocycles. The molecule has 1 fully saturated rings. The molecule has 8 heteroatoms. The molecule has 0 atom stereocenters. The van der Waals surface area contributed by atoms with Crippen molar-refractivity contribution >= 4 is 57.3 Å². The van der Waals surface area contributed by atoms with Crippen LogP contribution in [0.2, 0.25) is 0 Å². The van der Waals surface area contributed by atoms with E-state index in [1.54, 1.807) is 24.3 Å². The van der Waals surface area contributed by atoms with Gasteiger partial charge < -0.3 is 0 Å². The van der Waals surface area contributed by atoms with Crippen LogP contribution in [-0.4, -0.2) is 26.6 Å². The summed E-state index contributed by atoms with van der Waals surface area (Å²) in [5.74, 6) is -0.125. The highest BCUT2D eigenvalue weighted by Crippen LogP contribution is 2.36. The largest absolute Gasteiger partial charge is 0.289 e. The number of hydrogen-bond acceptors (Lipinski definition) is 6. The standard InChI is InChI=1S/C17H12N2O3S3/c1-2-8-18-16(20)15(25-17(18)23)10-13-6-7-14(24-13)11-4-3-5-12(9-11)19(21)22/h2-7,9-10H,1,8H2/b15-10-. The Kier molecular flexibility index (Phi) is 5.12. The van der Waals surface area contributed by atoms with E-state index in [-0.39, 0.29) is 11.6 Å². The highest BCUT2D eigenvalue weighted by Gasteiger charge is 2.31. The lowest BCUT2D eigenvalue weighted by Crippen LogP contribution is -2.27. The minimum atomic E-state index is -0.414. The summed E-state index contributed by atoms with van der Waals surface area (Å²) in [5, 5.41) is 10.9. The van der Waals surface area contributed by atoms with Gasteiger partial charge in [-0.15, -0.1) is 17.9 Å². The molecule has 1 aliphatic heterocycles. The first-order valence-corrected chi connectivity index (χ1v) is 9.24. The number of non-ortho nitro benzene ring substituents is 1. The fourth-order valence-corrected chi connectivity index (χ4v) is 4.56. The van der Waals surface area contributed by atoms with Crippen LogP contribution < -0.4 is 0 Å². The van der Waals surface area contributed by atoms with Crippen molar-refractivity contribution in [3.8, 4) is 10.4 Å². The molecule has 0 radical (unpaired) electrons. The van der Waals surface area contributed by atoms with Crippen LogP contribution in [0.3, 0.4) is 0 Å². The van der Waals surface area contributed by atoms with Crippen LogP contribution in [0.15, 0.2) is 54.0 Å². The van der Waals surface area contributed by atoms with Crippen LogP contribution in [0.5, 0.6) is 0 Å². The van der Waals surface area contributed by atoms with Gasteiger partial charge in [0.05, 0.1) is 9.83 Å². The number of nitrogens with zero attached hydrogens (tertiary/aromatic N) is 2. The molecule has 3 rings (SSSR count). The molecular weight excluding hydrogens is 376 g/mol. The third-order valence-corrected chi connectivity index (χ3v) is 5.89. The Morgan fingerprint density at radius 3 is 2.84 bits per heavy atom. The van der Waals surface area contributed by atoms with E-state index in [0.29, 0.717) is 15.8 Å². The third-order valence-electron chi connectivity index (χ3n) is 3.43. The first kappa shape index (κ1) is 17.5. The molecule has 1 saturated heterocycles. The molecule has 0 unspecified atom stereocenters. The van der Waals surface area contributed by atoms with Gasteiger partial charge in [0.15, 0.2) is 0 Å². The second kappa shape index (κ2) is 7.30. The molecule has 0 aliphatic carbocycles. The van der Waals surface area contributed by atoms with Gasteiger partial charge in [-0.05, 0) is 23.8 Å². The molecule has 1 aromatic heterocycles. The Balaban J connectivity index is 1.86. The molecule has 126 valence electrons. The lowest BCUT2D eigenvalue weighted by atomic mass is 10.2. The summed E-state index contributed by atoms with van der Waals surface area (Å²) in [7, 11) is 0. The molecule has 2 aromatic rings. The van der Waals surface area contributed by atoms with Crippen molar-refractivity contribution in [3.63, 3.8) is 0 Å². The SMILES string of the molecule is C=CCN1C(=O)/C(=C/c2ccc(-c3cccc([N+](=O)[O-])c3)s2)SC1=S. The summed E-state index contributed by atoms with van der Waals surface area (Å²) >= 11 is 7.95. The summed E-state index contributed by atoms with van der Waals surface area (Å²) in [6.07, 6.45) is 3.44. The van der Waals surface area contributed by atoms with E-state index in [0.717, 1.165) is 15.3 Å². The Morgan fingerprint density at radius 2 is 2.12 bits per heavy atom. The van der Waals surface area contributed by atoms with Crippen molar-refractivity contribution in [2.75, 3.05) is 6.54 Å². The summed E-state index contributed by atoms with van der Waals surface area (Å²) < 4.78 is 0.520. The van der Waals surface area contributed by atoms with E-state index < -0.39 is 4.92 Å². The van der Waals surface area contributed by atoms with Crippen molar-refractivity contribution < 1.29 is 9.72 Å². The van der Waals surface area contributed by atoms with E-state index in [2.05, 4.69) is 6.58 Å². The molecule has 0 spiro atoms. The number of carbonyl (C=O) groups excluding carboxylic acids is 1. The van der Waals surface area contributed by atoms with Gasteiger partial charge in [-0.2, -0.15) is 0 Å². The third kappa shape index (κ3) is 3.71. The van der Waals surface area contributed by atoms with Crippen molar-refractivity contribution in [2.24, 2.45) is 0 Å². The number of amides is 1. The van der Waals surface area contributed by atoms with Gasteiger partial charge in [-0.3, -0.25) is 19.8 Å². The number of benzene rings is 1. The van der Waals surface area contributed by atoms with Crippen LogP contribution in [0.1, 0.15) is 4.88 Å². The first-order valence-electron chi connectivity index (χ1n) is 7.20. The predicted molar refractivity (Wildman–Crippen MR) is 106 cm³/mol. The van der Waals surface area contributed by atoms with Crippen LogP contribution >= 0.6 is 35.3 Å². The van der Waals surface area contributed by atoms with Crippen LogP contribution in [-0.2, 0) is 4.79 Å². The average Bonchev–Trinajstić information content (AvgIpc) is 3.16. The smallest absolute Gasteiger partial charge is 0.270 e. The second-order valence-electron chi connectivity index (χ2n) is 5.09. The maximum Gasteiger partial charge on any atom is 0.270 e. The Morgan fingerprint density at radius 1 is 1.32 bits per heavy atom. The topological polar surface area (TPSA) is 63.5 Å². The molecule has 2 heterocycles. The summed E-state index contributed by atoms with van der Waals surface area (Å²) in [6.45, 7) is 4.02. The zero-order valence-electron chi connectivity index (χ0n) is 12.9. The highest BCUT2D eigenvalue weighted by atomic mass is 32.2. The van der Waals surface area contributed by atoms with E-state index in [1.165, 1.54) is 34.1 Å². The number of thiocarbonyl (C=S) groups is 1. The molecule has 1 aliphatic rings. The summed E-state index contributed by atoms with van der Waals surface area (Å²) in [4.78, 5) is 26.7. The summed E-state index contributed by atoms with van der Waals surface area (Å²) in [6, 6.07) is 10.3. The molecule has 5 nitrogen and oxygen atoms in total. The molecule has 0 bridgehead atoms. The Hall–Kier alpha value is -2.29. The summed E-state index contributed by atoms with van der Waals surface area (Å²) in [5.41, 5.74) is 0.829. The molecule has 25 heavy (non-hydrogen) atoms. The molecule has 1 amide bonds. The van der Waals surface area contributed by atoms with Crippen molar-refractivity contribution in [1.29, 1.82) is 0 Å². The highest BCUT2D eigenvalue weighted by molar-refractivity contribution is 8.26. The van der Waals surface area contributed by atoms with Gasteiger partial charge in [0.2, 0.25) is 0 Å². The second-order valence-corrected chi connectivity index (χ2v) is 7.88. The fourth-order valence-electron chi connectivity index (χ4n) is 2.27. The van der Waals surface area contributed by atoms with Gasteiger partial charge in [-0.25, -0.2) is 0 Å². The minimum Gasteiger partial charge on any atom is -0.289 e. The molecule has 0 N–H and O–H groups in total. The Labute approximate surface area is 157 Å². The van der Waals surface area contributed by atoms with E-state index >= 15 is 0 Å². The van der Waals surface area contributed by atoms with Crippen LogP contribution in [0.25, 0.3) is 16.5 Å². The van der Waals surface area contributed by atoms with E-state index in [1.807, 2.05) is 18.2 Å². The Bertz CT molecular complexity index is 917. The number of rotatable bonds is 5.